The normalized spacial score (nSPS) is 20.4. The molecule has 0 aliphatic carbocycles. The summed E-state index contributed by atoms with van der Waals surface area (Å²) in [7, 11) is 0. The van der Waals surface area contributed by atoms with Crippen LogP contribution in [0.3, 0.4) is 0 Å². The van der Waals surface area contributed by atoms with Crippen LogP contribution in [0.1, 0.15) is 47.9 Å². The van der Waals surface area contributed by atoms with Gasteiger partial charge in [-0.1, -0.05) is 41.1 Å². The molecule has 1 fully saturated rings. The maximum Gasteiger partial charge on any atom is 0.230 e. The van der Waals surface area contributed by atoms with Crippen molar-refractivity contribution in [2.24, 2.45) is 10.6 Å². The van der Waals surface area contributed by atoms with Gasteiger partial charge in [-0.25, -0.2) is 0 Å². The highest BCUT2D eigenvalue weighted by molar-refractivity contribution is 6.01. The van der Waals surface area contributed by atoms with E-state index in [9.17, 15) is 4.79 Å². The molecule has 158 valence electrons. The standard InChI is InChI=1S/C25H30N2O3/c1-17-4-7-20(8-5-17)23-15-22(30-27-23)16-25(10-12-29-13-11-25)24(28)26-21-9-6-18(2)19(3)14-21/h4-9,14,22H,10-13,15-16H2,1-3H3,(H,26,28). The number of nitrogens with zero attached hydrogens (tertiary/aromatic N) is 1. The van der Waals surface area contributed by atoms with Crippen LogP contribution in [-0.2, 0) is 14.4 Å². The van der Waals surface area contributed by atoms with Crippen LogP contribution >= 0.6 is 0 Å². The number of nitrogens with one attached hydrogen (secondary N) is 1. The zero-order valence-corrected chi connectivity index (χ0v) is 18.0. The van der Waals surface area contributed by atoms with Crippen LogP contribution in [-0.4, -0.2) is 30.9 Å². The van der Waals surface area contributed by atoms with Gasteiger partial charge in [0.1, 0.15) is 6.10 Å². The quantitative estimate of drug-likeness (QED) is 0.766. The van der Waals surface area contributed by atoms with Crippen molar-refractivity contribution in [3.63, 3.8) is 0 Å². The van der Waals surface area contributed by atoms with Gasteiger partial charge in [0.05, 0.1) is 11.1 Å². The molecular weight excluding hydrogens is 376 g/mol. The number of oxime groups is 1. The summed E-state index contributed by atoms with van der Waals surface area (Å²) in [5.41, 5.74) is 6.00. The van der Waals surface area contributed by atoms with Crippen molar-refractivity contribution < 1.29 is 14.4 Å². The van der Waals surface area contributed by atoms with Gasteiger partial charge in [-0.2, -0.15) is 0 Å². The fraction of sp³-hybridized carbons (Fsp3) is 0.440. The lowest BCUT2D eigenvalue weighted by Crippen LogP contribution is -2.43. The fourth-order valence-corrected chi connectivity index (χ4v) is 4.26. The van der Waals surface area contributed by atoms with Crippen molar-refractivity contribution in [1.29, 1.82) is 0 Å². The van der Waals surface area contributed by atoms with E-state index in [1.807, 2.05) is 18.2 Å². The number of amides is 1. The van der Waals surface area contributed by atoms with Crippen molar-refractivity contribution in [2.45, 2.75) is 52.6 Å². The van der Waals surface area contributed by atoms with Gasteiger partial charge in [0.25, 0.3) is 0 Å². The van der Waals surface area contributed by atoms with E-state index in [0.717, 1.165) is 23.4 Å². The maximum absolute atomic E-state index is 13.4. The van der Waals surface area contributed by atoms with Gasteiger partial charge in [-0.05, 0) is 62.4 Å². The molecule has 1 amide bonds. The van der Waals surface area contributed by atoms with Crippen molar-refractivity contribution >= 4 is 17.3 Å². The molecule has 30 heavy (non-hydrogen) atoms. The van der Waals surface area contributed by atoms with Gasteiger partial charge < -0.3 is 14.9 Å². The molecule has 4 rings (SSSR count). The van der Waals surface area contributed by atoms with E-state index in [2.05, 4.69) is 55.5 Å². The molecule has 2 aromatic rings. The number of carbonyl (C=O) groups excluding carboxylic acids is 1. The number of hydrogen-bond acceptors (Lipinski definition) is 4. The summed E-state index contributed by atoms with van der Waals surface area (Å²) in [6.07, 6.45) is 2.67. The highest BCUT2D eigenvalue weighted by Crippen LogP contribution is 2.39. The first-order chi connectivity index (χ1) is 14.4. The Morgan fingerprint density at radius 3 is 2.50 bits per heavy atom. The molecule has 5 nitrogen and oxygen atoms in total. The summed E-state index contributed by atoms with van der Waals surface area (Å²) < 4.78 is 5.58. The van der Waals surface area contributed by atoms with Crippen molar-refractivity contribution in [1.82, 2.24) is 0 Å². The van der Waals surface area contributed by atoms with Crippen LogP contribution in [0.25, 0.3) is 0 Å². The molecule has 0 aromatic heterocycles. The Morgan fingerprint density at radius 1 is 1.07 bits per heavy atom. The van der Waals surface area contributed by atoms with Gasteiger partial charge in [0.2, 0.25) is 5.91 Å². The van der Waals surface area contributed by atoms with E-state index in [-0.39, 0.29) is 12.0 Å². The molecule has 5 heteroatoms. The molecule has 2 heterocycles. The van der Waals surface area contributed by atoms with E-state index in [1.54, 1.807) is 0 Å². The second-order valence-corrected chi connectivity index (χ2v) is 8.69. The Kier molecular flexibility index (Phi) is 5.91. The minimum atomic E-state index is -0.500. The van der Waals surface area contributed by atoms with Gasteiger partial charge >= 0.3 is 0 Å². The zero-order valence-electron chi connectivity index (χ0n) is 18.0. The van der Waals surface area contributed by atoms with Gasteiger partial charge in [-0.3, -0.25) is 4.79 Å². The number of aryl methyl sites for hydroxylation is 3. The van der Waals surface area contributed by atoms with Crippen LogP contribution in [0.2, 0.25) is 0 Å². The Balaban J connectivity index is 1.46. The van der Waals surface area contributed by atoms with Crippen molar-refractivity contribution in [3.8, 4) is 0 Å². The summed E-state index contributed by atoms with van der Waals surface area (Å²) in [6.45, 7) is 7.40. The first-order valence-corrected chi connectivity index (χ1v) is 10.7. The van der Waals surface area contributed by atoms with E-state index >= 15 is 0 Å². The summed E-state index contributed by atoms with van der Waals surface area (Å²) in [5.74, 6) is 0.0569. The smallest absolute Gasteiger partial charge is 0.230 e. The Morgan fingerprint density at radius 2 is 1.80 bits per heavy atom. The molecule has 2 aliphatic heterocycles. The lowest BCUT2D eigenvalue weighted by Gasteiger charge is -2.37. The van der Waals surface area contributed by atoms with Gasteiger partial charge in [0.15, 0.2) is 0 Å². The Labute approximate surface area is 178 Å². The summed E-state index contributed by atoms with van der Waals surface area (Å²) in [4.78, 5) is 19.2. The number of benzene rings is 2. The largest absolute Gasteiger partial charge is 0.392 e. The van der Waals surface area contributed by atoms with Gasteiger partial charge in [-0.15, -0.1) is 0 Å². The van der Waals surface area contributed by atoms with Crippen molar-refractivity contribution in [2.75, 3.05) is 18.5 Å². The molecule has 0 radical (unpaired) electrons. The van der Waals surface area contributed by atoms with E-state index < -0.39 is 5.41 Å². The molecular formula is C25H30N2O3. The van der Waals surface area contributed by atoms with Crippen LogP contribution in [0.4, 0.5) is 5.69 Å². The maximum atomic E-state index is 13.4. The minimum absolute atomic E-state index is 0.0569. The number of ether oxygens (including phenoxy) is 1. The van der Waals surface area contributed by atoms with Crippen LogP contribution < -0.4 is 5.32 Å². The molecule has 1 unspecified atom stereocenters. The van der Waals surface area contributed by atoms with Crippen molar-refractivity contribution in [3.05, 3.63) is 64.7 Å². The third-order valence-electron chi connectivity index (χ3n) is 6.43. The van der Waals surface area contributed by atoms with E-state index in [0.29, 0.717) is 32.5 Å². The lowest BCUT2D eigenvalue weighted by molar-refractivity contribution is -0.134. The van der Waals surface area contributed by atoms with Crippen LogP contribution in [0.5, 0.6) is 0 Å². The number of hydrogen-bond donors (Lipinski definition) is 1. The second-order valence-electron chi connectivity index (χ2n) is 8.69. The molecule has 1 atom stereocenters. The van der Waals surface area contributed by atoms with Gasteiger partial charge in [0, 0.05) is 31.7 Å². The molecule has 2 aliphatic rings. The third-order valence-corrected chi connectivity index (χ3v) is 6.43. The summed E-state index contributed by atoms with van der Waals surface area (Å²) in [5, 5.41) is 7.49. The Hall–Kier alpha value is -2.66. The molecule has 0 spiro atoms. The SMILES string of the molecule is Cc1ccc(C2=NOC(CC3(C(=O)Nc4ccc(C)c(C)c4)CCOCC3)C2)cc1. The van der Waals surface area contributed by atoms with Crippen LogP contribution in [0.15, 0.2) is 47.6 Å². The predicted molar refractivity (Wildman–Crippen MR) is 119 cm³/mol. The van der Waals surface area contributed by atoms with Crippen LogP contribution in [0, 0.1) is 26.2 Å². The van der Waals surface area contributed by atoms with E-state index in [4.69, 9.17) is 9.57 Å². The number of carbonyl (C=O) groups is 1. The molecule has 0 bridgehead atoms. The molecule has 2 aromatic carbocycles. The highest BCUT2D eigenvalue weighted by atomic mass is 16.6. The van der Waals surface area contributed by atoms with E-state index in [1.165, 1.54) is 16.7 Å². The molecule has 1 saturated heterocycles. The molecule has 0 saturated carbocycles. The Bertz CT molecular complexity index is 943. The topological polar surface area (TPSA) is 59.9 Å². The fourth-order valence-electron chi connectivity index (χ4n) is 4.26. The zero-order chi connectivity index (χ0) is 21.1. The highest BCUT2D eigenvalue weighted by Gasteiger charge is 2.43. The second kappa shape index (κ2) is 8.60. The molecule has 1 N–H and O–H groups in total. The minimum Gasteiger partial charge on any atom is -0.392 e. The average molecular weight is 407 g/mol. The monoisotopic (exact) mass is 406 g/mol. The first kappa shape index (κ1) is 20.6. The third kappa shape index (κ3) is 4.41. The summed E-state index contributed by atoms with van der Waals surface area (Å²) >= 11 is 0. The lowest BCUT2D eigenvalue weighted by atomic mass is 9.74. The average Bonchev–Trinajstić information content (AvgIpc) is 3.20. The summed E-state index contributed by atoms with van der Waals surface area (Å²) in [6, 6.07) is 14.4. The first-order valence-electron chi connectivity index (χ1n) is 10.7. The number of anilines is 1. The number of rotatable bonds is 5. The predicted octanol–water partition coefficient (Wildman–Crippen LogP) is 4.93.